The first-order valence-electron chi connectivity index (χ1n) is 11.8. The molecular weight excluding hydrogens is 380 g/mol. The molecule has 2 saturated heterocycles. The van der Waals surface area contributed by atoms with E-state index in [9.17, 15) is 10.4 Å². The predicted molar refractivity (Wildman–Crippen MR) is 120 cm³/mol. The molecule has 6 nitrogen and oxygen atoms in total. The van der Waals surface area contributed by atoms with Crippen molar-refractivity contribution >= 4 is 0 Å². The van der Waals surface area contributed by atoms with Crippen molar-refractivity contribution in [1.29, 1.82) is 0 Å². The number of hydrogen-bond acceptors (Lipinski definition) is 6. The summed E-state index contributed by atoms with van der Waals surface area (Å²) in [4.78, 5) is 0. The van der Waals surface area contributed by atoms with Gasteiger partial charge in [-0.1, -0.05) is 27.7 Å². The zero-order valence-electron chi connectivity index (χ0n) is 21.2. The predicted octanol–water partition coefficient (Wildman–Crippen LogP) is 5.11. The molecule has 2 N–H and O–H groups in total. The third-order valence-electron chi connectivity index (χ3n) is 8.13. The molecule has 6 heteroatoms. The van der Waals surface area contributed by atoms with Crippen LogP contribution in [0.2, 0.25) is 0 Å². The standard InChI is InChI=1S/C24H48N2O4/c1-17(2)23(9)15-19(13-21(5,6)25(23)27)29-11-12-30-20-14-22(7,8)26(28)24(10,16-20)18(3)4/h17-20,27-28H,11-16H2,1-10H3. The summed E-state index contributed by atoms with van der Waals surface area (Å²) in [5, 5.41) is 24.7. The largest absolute Gasteiger partial charge is 0.376 e. The molecule has 0 aliphatic carbocycles. The minimum Gasteiger partial charge on any atom is -0.376 e. The second-order valence-corrected chi connectivity index (χ2v) is 12.1. The molecule has 2 fully saturated rings. The van der Waals surface area contributed by atoms with Gasteiger partial charge in [-0.15, -0.1) is 0 Å². The Morgan fingerprint density at radius 2 is 0.967 bits per heavy atom. The molecule has 2 rings (SSSR count). The minimum atomic E-state index is -0.320. The summed E-state index contributed by atoms with van der Waals surface area (Å²) < 4.78 is 12.5. The zero-order valence-corrected chi connectivity index (χ0v) is 21.2. The van der Waals surface area contributed by atoms with Crippen LogP contribution in [-0.2, 0) is 9.47 Å². The highest BCUT2D eigenvalue weighted by atomic mass is 16.5. The second kappa shape index (κ2) is 8.95. The van der Waals surface area contributed by atoms with Gasteiger partial charge in [0, 0.05) is 22.2 Å². The van der Waals surface area contributed by atoms with Crippen molar-refractivity contribution in [3.8, 4) is 0 Å². The fourth-order valence-corrected chi connectivity index (χ4v) is 5.54. The SMILES string of the molecule is CC(C)C1(C)CC(OCCOC2CC(C)(C)N(O)C(C)(C(C)C)C2)CC(C)(C)N1O. The van der Waals surface area contributed by atoms with E-state index >= 15 is 0 Å². The van der Waals surface area contributed by atoms with Gasteiger partial charge >= 0.3 is 0 Å². The summed E-state index contributed by atoms with van der Waals surface area (Å²) in [6, 6.07) is 0. The Kier molecular flexibility index (Phi) is 7.76. The molecule has 0 aromatic carbocycles. The summed E-state index contributed by atoms with van der Waals surface area (Å²) in [6.45, 7) is 22.3. The van der Waals surface area contributed by atoms with Crippen molar-refractivity contribution in [2.24, 2.45) is 11.8 Å². The summed E-state index contributed by atoms with van der Waals surface area (Å²) in [7, 11) is 0. The van der Waals surface area contributed by atoms with Gasteiger partial charge in [-0.2, -0.15) is 10.1 Å². The van der Waals surface area contributed by atoms with Crippen molar-refractivity contribution in [1.82, 2.24) is 10.1 Å². The van der Waals surface area contributed by atoms with Crippen molar-refractivity contribution in [2.75, 3.05) is 13.2 Å². The Labute approximate surface area is 184 Å². The first kappa shape index (κ1) is 26.0. The van der Waals surface area contributed by atoms with Gasteiger partial charge in [-0.05, 0) is 79.1 Å². The molecule has 0 radical (unpaired) electrons. The first-order valence-corrected chi connectivity index (χ1v) is 11.8. The average molecular weight is 429 g/mol. The third kappa shape index (κ3) is 5.05. The van der Waals surface area contributed by atoms with Crippen molar-refractivity contribution in [3.05, 3.63) is 0 Å². The van der Waals surface area contributed by atoms with E-state index in [1.54, 1.807) is 10.1 Å². The summed E-state index contributed by atoms with van der Waals surface area (Å²) in [6.07, 6.45) is 3.44. The highest BCUT2D eigenvalue weighted by Crippen LogP contribution is 2.43. The van der Waals surface area contributed by atoms with Crippen LogP contribution >= 0.6 is 0 Å². The van der Waals surface area contributed by atoms with Crippen molar-refractivity contribution in [3.63, 3.8) is 0 Å². The second-order valence-electron chi connectivity index (χ2n) is 12.1. The molecule has 2 aliphatic heterocycles. The van der Waals surface area contributed by atoms with Gasteiger partial charge in [0.25, 0.3) is 0 Å². The molecule has 4 unspecified atom stereocenters. The van der Waals surface area contributed by atoms with Gasteiger partial charge in [-0.3, -0.25) is 0 Å². The fourth-order valence-electron chi connectivity index (χ4n) is 5.54. The molecule has 178 valence electrons. The van der Waals surface area contributed by atoms with Gasteiger partial charge in [-0.25, -0.2) is 0 Å². The number of nitrogens with zero attached hydrogens (tertiary/aromatic N) is 2. The molecule has 0 aromatic heterocycles. The van der Waals surface area contributed by atoms with Crippen LogP contribution in [0, 0.1) is 11.8 Å². The van der Waals surface area contributed by atoms with E-state index in [4.69, 9.17) is 9.47 Å². The van der Waals surface area contributed by atoms with E-state index < -0.39 is 0 Å². The number of piperidine rings is 2. The van der Waals surface area contributed by atoms with Crippen molar-refractivity contribution < 1.29 is 19.9 Å². The van der Waals surface area contributed by atoms with Crippen LogP contribution in [0.15, 0.2) is 0 Å². The number of hydrogen-bond donors (Lipinski definition) is 2. The molecule has 4 atom stereocenters. The van der Waals surface area contributed by atoms with E-state index in [-0.39, 0.29) is 34.4 Å². The lowest BCUT2D eigenvalue weighted by atomic mass is 9.73. The average Bonchev–Trinajstić information content (AvgIpc) is 2.60. The lowest BCUT2D eigenvalue weighted by molar-refractivity contribution is -0.282. The van der Waals surface area contributed by atoms with Gasteiger partial charge < -0.3 is 19.9 Å². The lowest BCUT2D eigenvalue weighted by Crippen LogP contribution is -2.64. The van der Waals surface area contributed by atoms with Crippen LogP contribution in [-0.4, -0.2) is 68.1 Å². The van der Waals surface area contributed by atoms with Gasteiger partial charge in [0.15, 0.2) is 0 Å². The Morgan fingerprint density at radius 1 is 0.667 bits per heavy atom. The van der Waals surface area contributed by atoms with Crippen LogP contribution in [0.1, 0.15) is 94.9 Å². The molecule has 0 aromatic rings. The molecule has 2 aliphatic rings. The maximum atomic E-state index is 10.8. The highest BCUT2D eigenvalue weighted by Gasteiger charge is 2.50. The Bertz CT molecular complexity index is 530. The maximum absolute atomic E-state index is 10.8. The molecule has 0 saturated carbocycles. The van der Waals surface area contributed by atoms with E-state index in [2.05, 4.69) is 69.2 Å². The Hall–Kier alpha value is -0.240. The molecular formula is C24H48N2O4. The molecule has 0 amide bonds. The molecule has 0 spiro atoms. The summed E-state index contributed by atoms with van der Waals surface area (Å²) in [5.41, 5.74) is -1.24. The maximum Gasteiger partial charge on any atom is 0.0704 e. The minimum absolute atomic E-state index is 0.107. The van der Waals surface area contributed by atoms with Crippen LogP contribution in [0.25, 0.3) is 0 Å². The van der Waals surface area contributed by atoms with E-state index in [0.717, 1.165) is 25.7 Å². The third-order valence-corrected chi connectivity index (χ3v) is 8.13. The monoisotopic (exact) mass is 428 g/mol. The van der Waals surface area contributed by atoms with Crippen LogP contribution in [0.3, 0.4) is 0 Å². The Morgan fingerprint density at radius 3 is 1.23 bits per heavy atom. The van der Waals surface area contributed by atoms with E-state index in [0.29, 0.717) is 25.0 Å². The number of rotatable bonds is 7. The molecule has 0 bridgehead atoms. The first-order chi connectivity index (χ1) is 13.6. The Balaban J connectivity index is 1.92. The quantitative estimate of drug-likeness (QED) is 0.549. The molecule has 2 heterocycles. The fraction of sp³-hybridized carbons (Fsp3) is 1.00. The topological polar surface area (TPSA) is 65.4 Å². The smallest absolute Gasteiger partial charge is 0.0704 e. The molecule has 30 heavy (non-hydrogen) atoms. The number of ether oxygens (including phenoxy) is 2. The van der Waals surface area contributed by atoms with E-state index in [1.165, 1.54) is 0 Å². The van der Waals surface area contributed by atoms with Crippen LogP contribution in [0.4, 0.5) is 0 Å². The number of hydroxylamine groups is 4. The summed E-state index contributed by atoms with van der Waals surface area (Å²) in [5.74, 6) is 0.646. The zero-order chi connectivity index (χ0) is 23.1. The van der Waals surface area contributed by atoms with Gasteiger partial charge in [0.1, 0.15) is 0 Å². The van der Waals surface area contributed by atoms with Crippen molar-refractivity contribution in [2.45, 2.75) is 129 Å². The highest BCUT2D eigenvalue weighted by molar-refractivity contribution is 5.01. The van der Waals surface area contributed by atoms with E-state index in [1.807, 2.05) is 0 Å². The van der Waals surface area contributed by atoms with Gasteiger partial charge in [0.2, 0.25) is 0 Å². The van der Waals surface area contributed by atoms with Crippen LogP contribution < -0.4 is 0 Å². The summed E-state index contributed by atoms with van der Waals surface area (Å²) >= 11 is 0. The van der Waals surface area contributed by atoms with Gasteiger partial charge in [0.05, 0.1) is 25.4 Å². The lowest BCUT2D eigenvalue weighted by Gasteiger charge is -2.55. The normalized spacial score (nSPS) is 37.8. The van der Waals surface area contributed by atoms with Crippen LogP contribution in [0.5, 0.6) is 0 Å².